The highest BCUT2D eigenvalue weighted by atomic mass is 28.3. The number of allylic oxidation sites excluding steroid dienone is 2. The minimum absolute atomic E-state index is 0.00875. The molecule has 1 aliphatic heterocycles. The lowest BCUT2D eigenvalue weighted by Crippen LogP contribution is -2.32. The predicted octanol–water partition coefficient (Wildman–Crippen LogP) is 4.16. The monoisotopic (exact) mass is 304 g/mol. The average Bonchev–Trinajstić information content (AvgIpc) is 2.90. The Morgan fingerprint density at radius 1 is 1.43 bits per heavy atom. The Balaban J connectivity index is 2.28. The fraction of sp³-hybridized carbons (Fsp3) is 0.611. The summed E-state index contributed by atoms with van der Waals surface area (Å²) >= 11 is 0. The van der Waals surface area contributed by atoms with Gasteiger partial charge in [-0.1, -0.05) is 49.1 Å². The molecule has 0 spiro atoms. The summed E-state index contributed by atoms with van der Waals surface area (Å²) in [6, 6.07) is 0. The van der Waals surface area contributed by atoms with Gasteiger partial charge >= 0.3 is 0 Å². The molecule has 1 heterocycles. The van der Waals surface area contributed by atoms with Gasteiger partial charge in [0.2, 0.25) is 0 Å². The van der Waals surface area contributed by atoms with Crippen LogP contribution < -0.4 is 0 Å². The first-order valence-electron chi connectivity index (χ1n) is 7.85. The molecule has 0 aromatic carbocycles. The zero-order chi connectivity index (χ0) is 15.8. The lowest BCUT2D eigenvalue weighted by Gasteiger charge is -2.29. The third kappa shape index (κ3) is 3.46. The molecule has 1 fully saturated rings. The minimum atomic E-state index is -1.34. The first-order chi connectivity index (χ1) is 9.74. The number of hydrogen-bond acceptors (Lipinski definition) is 2. The van der Waals surface area contributed by atoms with Crippen LogP contribution in [0.25, 0.3) is 0 Å². The molecular formula is C18H28O2Si. The van der Waals surface area contributed by atoms with Crippen molar-refractivity contribution in [2.75, 3.05) is 6.61 Å². The molecule has 1 saturated heterocycles. The number of ether oxygens (including phenoxy) is 1. The number of carbonyl (C=O) groups excluding carboxylic acids is 1. The van der Waals surface area contributed by atoms with Crippen LogP contribution >= 0.6 is 0 Å². The van der Waals surface area contributed by atoms with Crippen LogP contribution in [0.15, 0.2) is 35.1 Å². The molecule has 4 atom stereocenters. The van der Waals surface area contributed by atoms with Gasteiger partial charge in [-0.2, -0.15) is 0 Å². The maximum absolute atomic E-state index is 11.7. The highest BCUT2D eigenvalue weighted by Crippen LogP contribution is 2.44. The molecule has 2 aliphatic rings. The Bertz CT molecular complexity index is 496. The lowest BCUT2D eigenvalue weighted by atomic mass is 9.78. The Labute approximate surface area is 130 Å². The van der Waals surface area contributed by atoms with Gasteiger partial charge in [0.1, 0.15) is 6.29 Å². The summed E-state index contributed by atoms with van der Waals surface area (Å²) in [4.78, 5) is 11.7. The van der Waals surface area contributed by atoms with E-state index in [9.17, 15) is 4.79 Å². The van der Waals surface area contributed by atoms with Crippen LogP contribution in [-0.2, 0) is 9.53 Å². The van der Waals surface area contributed by atoms with Crippen molar-refractivity contribution in [3.63, 3.8) is 0 Å². The van der Waals surface area contributed by atoms with Crippen molar-refractivity contribution in [3.05, 3.63) is 35.1 Å². The molecule has 0 N–H and O–H groups in total. The summed E-state index contributed by atoms with van der Waals surface area (Å²) in [5.41, 5.74) is 6.10. The Morgan fingerprint density at radius 3 is 2.62 bits per heavy atom. The van der Waals surface area contributed by atoms with Crippen molar-refractivity contribution in [2.45, 2.75) is 46.0 Å². The topological polar surface area (TPSA) is 26.3 Å². The Kier molecular flexibility index (Phi) is 4.74. The standard InChI is InChI=1S/C18H28O2Si/c1-12(2)15-8-7-13(3)17(15)18-16(9-19)14(10-20-18)11-21(4,5)6/h7,9,11,15-18H,1,8,10H2,2-6H3/b14-11+/t15-,16-,17-,18-/m0/s1. The second-order valence-corrected chi connectivity index (χ2v) is 12.7. The number of rotatable bonds is 4. The molecule has 0 saturated carbocycles. The smallest absolute Gasteiger partial charge is 0.129 e. The normalized spacial score (nSPS) is 35.1. The Morgan fingerprint density at radius 2 is 2.10 bits per heavy atom. The summed E-state index contributed by atoms with van der Waals surface area (Å²) in [5.74, 6) is 0.652. The molecule has 116 valence electrons. The van der Waals surface area contributed by atoms with Gasteiger partial charge in [-0.3, -0.25) is 0 Å². The van der Waals surface area contributed by atoms with Crippen LogP contribution in [0.5, 0.6) is 0 Å². The van der Waals surface area contributed by atoms with Crippen LogP contribution in [-0.4, -0.2) is 27.1 Å². The van der Waals surface area contributed by atoms with E-state index in [0.717, 1.165) is 12.7 Å². The van der Waals surface area contributed by atoms with E-state index in [0.29, 0.717) is 18.4 Å². The van der Waals surface area contributed by atoms with Gasteiger partial charge in [0.05, 0.1) is 26.7 Å². The van der Waals surface area contributed by atoms with Gasteiger partial charge in [-0.15, -0.1) is 0 Å². The molecule has 0 unspecified atom stereocenters. The van der Waals surface area contributed by atoms with Gasteiger partial charge in [0.25, 0.3) is 0 Å². The number of aldehydes is 1. The Hall–Kier alpha value is -0.933. The van der Waals surface area contributed by atoms with Crippen LogP contribution in [0.3, 0.4) is 0 Å². The fourth-order valence-corrected chi connectivity index (χ4v) is 5.09. The van der Waals surface area contributed by atoms with Crippen LogP contribution in [0.1, 0.15) is 20.3 Å². The first kappa shape index (κ1) is 16.4. The third-order valence-corrected chi connectivity index (χ3v) is 5.87. The zero-order valence-corrected chi connectivity index (χ0v) is 15.0. The number of hydrogen-bond donors (Lipinski definition) is 0. The molecule has 0 aromatic heterocycles. The quantitative estimate of drug-likeness (QED) is 0.443. The molecule has 21 heavy (non-hydrogen) atoms. The molecule has 0 radical (unpaired) electrons. The van der Waals surface area contributed by atoms with E-state index in [2.05, 4.69) is 51.8 Å². The summed E-state index contributed by atoms with van der Waals surface area (Å²) < 4.78 is 6.09. The van der Waals surface area contributed by atoms with Crippen molar-refractivity contribution in [1.82, 2.24) is 0 Å². The summed E-state index contributed by atoms with van der Waals surface area (Å²) in [7, 11) is -1.34. The van der Waals surface area contributed by atoms with Gasteiger partial charge in [-0.05, 0) is 31.8 Å². The second kappa shape index (κ2) is 6.05. The van der Waals surface area contributed by atoms with Crippen LogP contribution in [0.2, 0.25) is 19.6 Å². The van der Waals surface area contributed by atoms with Crippen molar-refractivity contribution < 1.29 is 9.53 Å². The van der Waals surface area contributed by atoms with Crippen LogP contribution in [0.4, 0.5) is 0 Å². The lowest BCUT2D eigenvalue weighted by molar-refractivity contribution is -0.112. The zero-order valence-electron chi connectivity index (χ0n) is 14.0. The molecule has 0 amide bonds. The van der Waals surface area contributed by atoms with Gasteiger partial charge in [-0.25, -0.2) is 0 Å². The third-order valence-electron chi connectivity index (χ3n) is 4.63. The van der Waals surface area contributed by atoms with E-state index >= 15 is 0 Å². The minimum Gasteiger partial charge on any atom is -0.372 e. The number of carbonyl (C=O) groups is 1. The predicted molar refractivity (Wildman–Crippen MR) is 90.9 cm³/mol. The van der Waals surface area contributed by atoms with Crippen molar-refractivity contribution in [3.8, 4) is 0 Å². The highest BCUT2D eigenvalue weighted by molar-refractivity contribution is 6.81. The fourth-order valence-electron chi connectivity index (χ4n) is 3.70. The van der Waals surface area contributed by atoms with E-state index in [1.54, 1.807) is 0 Å². The maximum Gasteiger partial charge on any atom is 0.129 e. The summed E-state index contributed by atoms with van der Waals surface area (Å²) in [6.45, 7) is 15.9. The first-order valence-corrected chi connectivity index (χ1v) is 11.4. The maximum atomic E-state index is 11.7. The van der Waals surface area contributed by atoms with E-state index in [-0.39, 0.29) is 12.0 Å². The van der Waals surface area contributed by atoms with Crippen molar-refractivity contribution >= 4 is 14.4 Å². The molecule has 0 bridgehead atoms. The highest BCUT2D eigenvalue weighted by Gasteiger charge is 2.44. The van der Waals surface area contributed by atoms with Gasteiger partial charge < -0.3 is 9.53 Å². The summed E-state index contributed by atoms with van der Waals surface area (Å²) in [5, 5.41) is 0. The molecule has 2 rings (SSSR count). The van der Waals surface area contributed by atoms with E-state index in [1.807, 2.05) is 0 Å². The summed E-state index contributed by atoms with van der Waals surface area (Å²) in [6.07, 6.45) is 4.41. The van der Waals surface area contributed by atoms with E-state index in [1.165, 1.54) is 16.7 Å². The van der Waals surface area contributed by atoms with Crippen LogP contribution in [0, 0.1) is 17.8 Å². The molecule has 2 nitrogen and oxygen atoms in total. The molecular weight excluding hydrogens is 276 g/mol. The van der Waals surface area contributed by atoms with Gasteiger partial charge in [0, 0.05) is 5.92 Å². The van der Waals surface area contributed by atoms with Crippen molar-refractivity contribution in [2.24, 2.45) is 17.8 Å². The molecule has 1 aliphatic carbocycles. The van der Waals surface area contributed by atoms with Crippen molar-refractivity contribution in [1.29, 1.82) is 0 Å². The molecule has 0 aromatic rings. The van der Waals surface area contributed by atoms with Gasteiger partial charge in [0.15, 0.2) is 0 Å². The second-order valence-electron chi connectivity index (χ2n) is 7.69. The molecule has 3 heteroatoms. The van der Waals surface area contributed by atoms with E-state index < -0.39 is 8.07 Å². The largest absolute Gasteiger partial charge is 0.372 e. The average molecular weight is 305 g/mol. The SMILES string of the molecule is C=C(C)[C@@H]1CC=C(C)[C@@H]1[C@H]1OC/C(=C\[Si](C)(C)C)[C@@H]1C=O. The van der Waals surface area contributed by atoms with E-state index in [4.69, 9.17) is 4.74 Å².